The third-order valence-corrected chi connectivity index (χ3v) is 7.50. The molecule has 1 amide bonds. The number of carbonyl (C=O) groups is 1. The van der Waals surface area contributed by atoms with E-state index < -0.39 is 11.7 Å². The third-order valence-electron chi connectivity index (χ3n) is 7.50. The van der Waals surface area contributed by atoms with Crippen molar-refractivity contribution in [1.82, 2.24) is 40.1 Å². The van der Waals surface area contributed by atoms with Gasteiger partial charge in [-0.25, -0.2) is 14.4 Å². The summed E-state index contributed by atoms with van der Waals surface area (Å²) in [6.07, 6.45) is 8.78. The topological polar surface area (TPSA) is 107 Å². The Labute approximate surface area is 234 Å². The molecule has 1 atom stereocenters. The van der Waals surface area contributed by atoms with E-state index in [0.717, 1.165) is 41.3 Å². The molecule has 6 aromatic rings. The zero-order valence-electron chi connectivity index (χ0n) is 22.3. The number of hydrogen-bond donors (Lipinski definition) is 1. The second-order valence-electron chi connectivity index (χ2n) is 10.2. The van der Waals surface area contributed by atoms with E-state index in [9.17, 15) is 4.79 Å². The lowest BCUT2D eigenvalue weighted by Gasteiger charge is -2.34. The molecule has 2 aromatic carbocycles. The quantitative estimate of drug-likeness (QED) is 0.343. The summed E-state index contributed by atoms with van der Waals surface area (Å²) in [5.74, 6) is -0.588. The van der Waals surface area contributed by atoms with Crippen LogP contribution in [0.5, 0.6) is 0 Å². The van der Waals surface area contributed by atoms with Gasteiger partial charge in [0.05, 0.1) is 23.5 Å². The largest absolute Gasteiger partial charge is 0.315 e. The molecule has 1 aliphatic rings. The van der Waals surface area contributed by atoms with E-state index in [4.69, 9.17) is 0 Å². The van der Waals surface area contributed by atoms with Crippen LogP contribution in [0.15, 0.2) is 79.4 Å². The highest BCUT2D eigenvalue weighted by atomic mass is 19.1. The number of carbonyl (C=O) groups excluding carboxylic acids is 1. The number of rotatable bonds is 5. The summed E-state index contributed by atoms with van der Waals surface area (Å²) in [7, 11) is 1.88. The third kappa shape index (κ3) is 4.49. The van der Waals surface area contributed by atoms with Crippen LogP contribution in [-0.2, 0) is 7.05 Å². The van der Waals surface area contributed by atoms with Crippen molar-refractivity contribution < 1.29 is 9.18 Å². The monoisotopic (exact) mass is 547 g/mol. The lowest BCUT2D eigenvalue weighted by Crippen LogP contribution is -2.49. The molecule has 1 unspecified atom stereocenters. The fourth-order valence-corrected chi connectivity index (χ4v) is 5.47. The van der Waals surface area contributed by atoms with E-state index >= 15 is 4.39 Å². The first-order chi connectivity index (χ1) is 20.1. The summed E-state index contributed by atoms with van der Waals surface area (Å²) in [6, 6.07) is 15.8. The van der Waals surface area contributed by atoms with Gasteiger partial charge in [-0.3, -0.25) is 14.4 Å². The molecule has 204 valence electrons. The van der Waals surface area contributed by atoms with Gasteiger partial charge in [-0.15, -0.1) is 5.10 Å². The first-order valence-electron chi connectivity index (χ1n) is 13.5. The van der Waals surface area contributed by atoms with E-state index in [1.807, 2.05) is 37.6 Å². The molecular formula is C30H26FN9O. The Bertz CT molecular complexity index is 1910. The maximum atomic E-state index is 15.7. The Balaban J connectivity index is 1.29. The lowest BCUT2D eigenvalue weighted by molar-refractivity contribution is 0.0968. The summed E-state index contributed by atoms with van der Waals surface area (Å²) in [4.78, 5) is 24.8. The van der Waals surface area contributed by atoms with E-state index in [1.54, 1.807) is 40.2 Å². The number of nitrogens with zero attached hydrogens (tertiary/aromatic N) is 8. The Hall–Kier alpha value is -5.03. The van der Waals surface area contributed by atoms with Crippen molar-refractivity contribution in [2.45, 2.75) is 18.9 Å². The smallest absolute Gasteiger partial charge is 0.262 e. The van der Waals surface area contributed by atoms with Gasteiger partial charge in [-0.2, -0.15) is 9.78 Å². The molecule has 0 aliphatic carbocycles. The fraction of sp³-hybridized carbons (Fsp3) is 0.200. The van der Waals surface area contributed by atoms with Gasteiger partial charge >= 0.3 is 0 Å². The van der Waals surface area contributed by atoms with Gasteiger partial charge in [-0.05, 0) is 66.7 Å². The highest BCUT2D eigenvalue weighted by Crippen LogP contribution is 2.32. The molecule has 11 heteroatoms. The minimum atomic E-state index is -0.653. The standard InChI is InChI=1S/C30H26FN9O/c1-38-18-21(16-35-38)19-6-8-24-20(14-19)10-13-34-28(24)39(23-4-2-11-32-17-23)30(41)25-9-7-22(15-26(25)31)40-29-27(36-37-40)5-3-12-33-29/h3,5-10,12-16,18,23,32H,2,4,11,17H2,1H3. The van der Waals surface area contributed by atoms with Gasteiger partial charge in [0.15, 0.2) is 5.65 Å². The Morgan fingerprint density at radius 2 is 2.00 bits per heavy atom. The summed E-state index contributed by atoms with van der Waals surface area (Å²) in [5.41, 5.74) is 3.50. The maximum Gasteiger partial charge on any atom is 0.262 e. The fourth-order valence-electron chi connectivity index (χ4n) is 5.47. The van der Waals surface area contributed by atoms with Crippen molar-refractivity contribution >= 4 is 33.7 Å². The molecule has 7 rings (SSSR count). The zero-order valence-corrected chi connectivity index (χ0v) is 22.3. The van der Waals surface area contributed by atoms with E-state index in [0.29, 0.717) is 29.2 Å². The number of aryl methyl sites for hydroxylation is 1. The van der Waals surface area contributed by atoms with E-state index in [2.05, 4.69) is 36.8 Å². The minimum Gasteiger partial charge on any atom is -0.315 e. The molecule has 0 bridgehead atoms. The van der Waals surface area contributed by atoms with E-state index in [1.165, 1.54) is 16.8 Å². The molecule has 0 radical (unpaired) electrons. The summed E-state index contributed by atoms with van der Waals surface area (Å²) >= 11 is 0. The number of aromatic nitrogens is 7. The zero-order chi connectivity index (χ0) is 27.9. The van der Waals surface area contributed by atoms with Crippen LogP contribution in [0.2, 0.25) is 0 Å². The van der Waals surface area contributed by atoms with Crippen LogP contribution < -0.4 is 10.2 Å². The summed E-state index contributed by atoms with van der Waals surface area (Å²) in [6.45, 7) is 1.47. The van der Waals surface area contributed by atoms with Gasteiger partial charge in [0.1, 0.15) is 17.2 Å². The molecular weight excluding hydrogens is 521 g/mol. The Kier molecular flexibility index (Phi) is 6.20. The van der Waals surface area contributed by atoms with Crippen LogP contribution in [0.3, 0.4) is 0 Å². The van der Waals surface area contributed by atoms with Crippen LogP contribution >= 0.6 is 0 Å². The van der Waals surface area contributed by atoms with Crippen molar-refractivity contribution in [1.29, 1.82) is 0 Å². The Morgan fingerprint density at radius 1 is 1.07 bits per heavy atom. The normalized spacial score (nSPS) is 15.4. The highest BCUT2D eigenvalue weighted by molar-refractivity contribution is 6.10. The van der Waals surface area contributed by atoms with Crippen molar-refractivity contribution in [2.24, 2.45) is 7.05 Å². The van der Waals surface area contributed by atoms with Gasteiger partial charge in [0.2, 0.25) is 0 Å². The molecule has 1 aliphatic heterocycles. The summed E-state index contributed by atoms with van der Waals surface area (Å²) < 4.78 is 18.9. The van der Waals surface area contributed by atoms with Crippen LogP contribution in [0, 0.1) is 5.82 Å². The highest BCUT2D eigenvalue weighted by Gasteiger charge is 2.31. The SMILES string of the molecule is Cn1cc(-c2ccc3c(N(C(=O)c4ccc(-n5nnc6cccnc65)cc4F)C4CCCNC4)nccc3c2)cn1. The Morgan fingerprint density at radius 3 is 2.80 bits per heavy atom. The molecule has 5 heterocycles. The van der Waals surface area contributed by atoms with Gasteiger partial charge in [-0.1, -0.05) is 17.3 Å². The second kappa shape index (κ2) is 10.2. The minimum absolute atomic E-state index is 0.0394. The molecule has 1 saturated heterocycles. The van der Waals surface area contributed by atoms with Crippen LogP contribution in [0.25, 0.3) is 38.8 Å². The number of hydrogen-bond acceptors (Lipinski definition) is 7. The molecule has 4 aromatic heterocycles. The average molecular weight is 548 g/mol. The number of fused-ring (bicyclic) bond motifs is 2. The summed E-state index contributed by atoms with van der Waals surface area (Å²) in [5, 5.41) is 17.6. The van der Waals surface area contributed by atoms with Crippen LogP contribution in [-0.4, -0.2) is 59.8 Å². The molecule has 0 spiro atoms. The van der Waals surface area contributed by atoms with Gasteiger partial charge in [0, 0.05) is 49.2 Å². The molecule has 0 saturated carbocycles. The van der Waals surface area contributed by atoms with Crippen LogP contribution in [0.1, 0.15) is 23.2 Å². The van der Waals surface area contributed by atoms with Gasteiger partial charge < -0.3 is 5.32 Å². The average Bonchev–Trinajstić information content (AvgIpc) is 3.64. The predicted octanol–water partition coefficient (Wildman–Crippen LogP) is 4.30. The number of nitrogens with one attached hydrogen (secondary N) is 1. The lowest BCUT2D eigenvalue weighted by atomic mass is 10.0. The first-order valence-corrected chi connectivity index (χ1v) is 13.5. The van der Waals surface area contributed by atoms with Crippen molar-refractivity contribution in [3.05, 3.63) is 90.8 Å². The number of anilines is 1. The molecule has 1 N–H and O–H groups in total. The second-order valence-corrected chi connectivity index (χ2v) is 10.2. The number of halogens is 1. The number of benzene rings is 2. The molecule has 1 fully saturated rings. The molecule has 41 heavy (non-hydrogen) atoms. The van der Waals surface area contributed by atoms with Crippen molar-refractivity contribution in [3.8, 4) is 16.8 Å². The number of piperidine rings is 1. The number of amides is 1. The maximum absolute atomic E-state index is 15.7. The van der Waals surface area contributed by atoms with Crippen molar-refractivity contribution in [3.63, 3.8) is 0 Å². The van der Waals surface area contributed by atoms with Crippen LogP contribution in [0.4, 0.5) is 10.2 Å². The van der Waals surface area contributed by atoms with Crippen molar-refractivity contribution in [2.75, 3.05) is 18.0 Å². The number of pyridine rings is 2. The van der Waals surface area contributed by atoms with Gasteiger partial charge in [0.25, 0.3) is 5.91 Å². The predicted molar refractivity (Wildman–Crippen MR) is 153 cm³/mol. The molecule has 10 nitrogen and oxygen atoms in total. The van der Waals surface area contributed by atoms with E-state index in [-0.39, 0.29) is 11.6 Å². The first kappa shape index (κ1) is 25.0.